The quantitative estimate of drug-likeness (QED) is 0.849. The topological polar surface area (TPSA) is 85.5 Å². The summed E-state index contributed by atoms with van der Waals surface area (Å²) in [5.41, 5.74) is 1.47. The van der Waals surface area contributed by atoms with Crippen molar-refractivity contribution in [3.8, 4) is 5.75 Å². The highest BCUT2D eigenvalue weighted by atomic mass is 16.5. The van der Waals surface area contributed by atoms with Gasteiger partial charge >= 0.3 is 5.97 Å². The monoisotopic (exact) mass is 288 g/mol. The molecule has 1 aromatic heterocycles. The number of phenolic OH excluding ortho intramolecular Hbond substituents is 1. The minimum absolute atomic E-state index is 0.00684. The molecule has 1 aromatic carbocycles. The molecule has 0 amide bonds. The van der Waals surface area contributed by atoms with E-state index in [-0.39, 0.29) is 18.8 Å². The summed E-state index contributed by atoms with van der Waals surface area (Å²) in [6, 6.07) is 5.12. The van der Waals surface area contributed by atoms with Crippen LogP contribution in [0.15, 0.2) is 22.7 Å². The van der Waals surface area contributed by atoms with E-state index < -0.39 is 5.97 Å². The molecule has 1 fully saturated rings. The highest BCUT2D eigenvalue weighted by Gasteiger charge is 2.29. The Kier molecular flexibility index (Phi) is 3.60. The second kappa shape index (κ2) is 5.55. The van der Waals surface area contributed by atoms with E-state index in [1.165, 1.54) is 0 Å². The molecule has 0 unspecified atom stereocenters. The van der Waals surface area contributed by atoms with Crippen LogP contribution in [0.2, 0.25) is 0 Å². The van der Waals surface area contributed by atoms with Gasteiger partial charge in [0.1, 0.15) is 5.75 Å². The van der Waals surface area contributed by atoms with Crippen LogP contribution in [-0.4, -0.2) is 21.2 Å². The molecule has 6 nitrogen and oxygen atoms in total. The summed E-state index contributed by atoms with van der Waals surface area (Å²) in [6.45, 7) is 1.80. The highest BCUT2D eigenvalue weighted by molar-refractivity contribution is 5.72. The predicted octanol–water partition coefficient (Wildman–Crippen LogP) is 2.25. The molecule has 2 aromatic rings. The molecule has 0 aliphatic heterocycles. The first kappa shape index (κ1) is 13.6. The van der Waals surface area contributed by atoms with Gasteiger partial charge in [-0.3, -0.25) is 4.79 Å². The van der Waals surface area contributed by atoms with Gasteiger partial charge in [0.2, 0.25) is 11.7 Å². The van der Waals surface area contributed by atoms with E-state index in [1.54, 1.807) is 25.1 Å². The number of hydrogen-bond donors (Lipinski definition) is 1. The van der Waals surface area contributed by atoms with E-state index in [4.69, 9.17) is 9.26 Å². The molecule has 110 valence electrons. The lowest BCUT2D eigenvalue weighted by Gasteiger charge is -2.04. The van der Waals surface area contributed by atoms with Gasteiger partial charge in [0.05, 0.1) is 6.42 Å². The minimum atomic E-state index is -0.393. The molecular weight excluding hydrogens is 272 g/mol. The summed E-state index contributed by atoms with van der Waals surface area (Å²) >= 11 is 0. The molecule has 0 saturated heterocycles. The summed E-state index contributed by atoms with van der Waals surface area (Å²) in [5.74, 6) is 1.18. The molecule has 1 saturated carbocycles. The predicted molar refractivity (Wildman–Crippen MR) is 72.6 cm³/mol. The lowest BCUT2D eigenvalue weighted by Crippen LogP contribution is -2.08. The second-order valence-electron chi connectivity index (χ2n) is 5.28. The van der Waals surface area contributed by atoms with Gasteiger partial charge in [-0.25, -0.2) is 0 Å². The third-order valence-electron chi connectivity index (χ3n) is 3.39. The summed E-state index contributed by atoms with van der Waals surface area (Å²) in [5, 5.41) is 13.4. The first-order chi connectivity index (χ1) is 10.1. The Bertz CT molecular complexity index is 661. The number of ether oxygens (including phenoxy) is 1. The van der Waals surface area contributed by atoms with E-state index in [0.29, 0.717) is 23.2 Å². The van der Waals surface area contributed by atoms with Crippen LogP contribution in [0.3, 0.4) is 0 Å². The molecule has 1 heterocycles. The summed E-state index contributed by atoms with van der Waals surface area (Å²) < 4.78 is 10.2. The first-order valence-corrected chi connectivity index (χ1v) is 6.88. The van der Waals surface area contributed by atoms with Crippen molar-refractivity contribution in [2.75, 3.05) is 0 Å². The molecule has 21 heavy (non-hydrogen) atoms. The molecule has 0 bridgehead atoms. The Morgan fingerprint density at radius 1 is 1.48 bits per heavy atom. The number of hydrogen-bond acceptors (Lipinski definition) is 6. The zero-order chi connectivity index (χ0) is 14.8. The van der Waals surface area contributed by atoms with Crippen molar-refractivity contribution in [2.45, 2.75) is 38.7 Å². The van der Waals surface area contributed by atoms with E-state index in [9.17, 15) is 9.90 Å². The van der Waals surface area contributed by atoms with Crippen LogP contribution >= 0.6 is 0 Å². The van der Waals surface area contributed by atoms with Crippen molar-refractivity contribution < 1.29 is 19.2 Å². The number of carbonyl (C=O) groups is 1. The molecule has 1 aliphatic carbocycles. The van der Waals surface area contributed by atoms with Crippen molar-refractivity contribution in [1.29, 1.82) is 0 Å². The lowest BCUT2D eigenvalue weighted by molar-refractivity contribution is -0.144. The average molecular weight is 288 g/mol. The number of benzene rings is 1. The van der Waals surface area contributed by atoms with Crippen LogP contribution in [0.25, 0.3) is 0 Å². The fourth-order valence-electron chi connectivity index (χ4n) is 1.95. The lowest BCUT2D eigenvalue weighted by atomic mass is 10.1. The van der Waals surface area contributed by atoms with E-state index >= 15 is 0 Å². The van der Waals surface area contributed by atoms with E-state index in [1.807, 2.05) is 0 Å². The van der Waals surface area contributed by atoms with Crippen LogP contribution in [-0.2, 0) is 22.6 Å². The number of phenols is 1. The SMILES string of the molecule is Cc1ccc(CC(=O)OCc2noc(C3CC3)n2)cc1O. The molecule has 0 radical (unpaired) electrons. The minimum Gasteiger partial charge on any atom is -0.508 e. The summed E-state index contributed by atoms with van der Waals surface area (Å²) in [7, 11) is 0. The normalized spacial score (nSPS) is 14.1. The van der Waals surface area contributed by atoms with Gasteiger partial charge < -0.3 is 14.4 Å². The molecule has 0 spiro atoms. The number of carbonyl (C=O) groups excluding carboxylic acids is 1. The number of aromatic hydroxyl groups is 1. The fraction of sp³-hybridized carbons (Fsp3) is 0.400. The Hall–Kier alpha value is -2.37. The first-order valence-electron chi connectivity index (χ1n) is 6.88. The maximum absolute atomic E-state index is 11.7. The molecule has 0 atom stereocenters. The van der Waals surface area contributed by atoms with Gasteiger partial charge in [-0.05, 0) is 37.0 Å². The van der Waals surface area contributed by atoms with Crippen LogP contribution in [0.4, 0.5) is 0 Å². The summed E-state index contributed by atoms with van der Waals surface area (Å²) in [6.07, 6.45) is 2.26. The Labute approximate surface area is 121 Å². The van der Waals surface area contributed by atoms with E-state index in [0.717, 1.165) is 18.4 Å². The zero-order valence-corrected chi connectivity index (χ0v) is 11.7. The zero-order valence-electron chi connectivity index (χ0n) is 11.7. The maximum atomic E-state index is 11.7. The molecule has 1 N–H and O–H groups in total. The third kappa shape index (κ3) is 3.39. The average Bonchev–Trinajstić information content (AvgIpc) is 3.20. The maximum Gasteiger partial charge on any atom is 0.310 e. The van der Waals surface area contributed by atoms with Crippen molar-refractivity contribution in [3.05, 3.63) is 41.0 Å². The van der Waals surface area contributed by atoms with Gasteiger partial charge in [-0.15, -0.1) is 0 Å². The molecule has 3 rings (SSSR count). The third-order valence-corrected chi connectivity index (χ3v) is 3.39. The molecule has 1 aliphatic rings. The van der Waals surface area contributed by atoms with Gasteiger partial charge in [0.25, 0.3) is 0 Å². The largest absolute Gasteiger partial charge is 0.508 e. The molecular formula is C15H16N2O4. The van der Waals surface area contributed by atoms with Crippen molar-refractivity contribution in [2.24, 2.45) is 0 Å². The van der Waals surface area contributed by atoms with Crippen molar-refractivity contribution in [1.82, 2.24) is 10.1 Å². The van der Waals surface area contributed by atoms with Crippen molar-refractivity contribution >= 4 is 5.97 Å². The van der Waals surface area contributed by atoms with Gasteiger partial charge in [-0.2, -0.15) is 4.98 Å². The molecule has 6 heteroatoms. The summed E-state index contributed by atoms with van der Waals surface area (Å²) in [4.78, 5) is 15.9. The van der Waals surface area contributed by atoms with Gasteiger partial charge in [0.15, 0.2) is 6.61 Å². The number of nitrogens with zero attached hydrogens (tertiary/aromatic N) is 2. The van der Waals surface area contributed by atoms with Crippen LogP contribution in [0, 0.1) is 6.92 Å². The van der Waals surface area contributed by atoms with E-state index in [2.05, 4.69) is 10.1 Å². The number of rotatable bonds is 5. The number of aromatic nitrogens is 2. The number of aryl methyl sites for hydroxylation is 1. The van der Waals surface area contributed by atoms with Crippen LogP contribution in [0.5, 0.6) is 5.75 Å². The van der Waals surface area contributed by atoms with Crippen LogP contribution in [0.1, 0.15) is 41.6 Å². The Morgan fingerprint density at radius 3 is 3.00 bits per heavy atom. The second-order valence-corrected chi connectivity index (χ2v) is 5.28. The number of esters is 1. The Morgan fingerprint density at radius 2 is 2.29 bits per heavy atom. The Balaban J connectivity index is 1.52. The fourth-order valence-corrected chi connectivity index (χ4v) is 1.95. The standard InChI is InChI=1S/C15H16N2O4/c1-9-2-3-10(6-12(9)18)7-14(19)20-8-13-16-15(21-17-13)11-4-5-11/h2-3,6,11,18H,4-5,7-8H2,1H3. The highest BCUT2D eigenvalue weighted by Crippen LogP contribution is 2.38. The van der Waals surface area contributed by atoms with Gasteiger partial charge in [0, 0.05) is 5.92 Å². The smallest absolute Gasteiger partial charge is 0.310 e. The van der Waals surface area contributed by atoms with Crippen molar-refractivity contribution in [3.63, 3.8) is 0 Å². The van der Waals surface area contributed by atoms with Gasteiger partial charge in [-0.1, -0.05) is 17.3 Å². The van der Waals surface area contributed by atoms with Crippen LogP contribution < -0.4 is 0 Å².